The molecule has 2 heteroatoms. The molecule has 0 aromatic carbocycles. The summed E-state index contributed by atoms with van der Waals surface area (Å²) < 4.78 is 0. The molecule has 0 radical (unpaired) electrons. The zero-order chi connectivity index (χ0) is 13.8. The van der Waals surface area contributed by atoms with E-state index in [1.807, 2.05) is 0 Å². The molecule has 0 aliphatic heterocycles. The Hall–Kier alpha value is -0.0800. The third kappa shape index (κ3) is 3.52. The Morgan fingerprint density at radius 3 is 2.42 bits per heavy atom. The Morgan fingerprint density at radius 1 is 1.00 bits per heavy atom. The summed E-state index contributed by atoms with van der Waals surface area (Å²) in [5.41, 5.74) is 6.05. The molecule has 0 bridgehead atoms. The van der Waals surface area contributed by atoms with E-state index >= 15 is 0 Å². The SMILES string of the molecule is CCN(C1CC(C)CCC1C)C1CCCCC1CN. The molecule has 2 aliphatic rings. The first kappa shape index (κ1) is 15.3. The summed E-state index contributed by atoms with van der Waals surface area (Å²) in [4.78, 5) is 2.84. The van der Waals surface area contributed by atoms with Crippen molar-refractivity contribution < 1.29 is 0 Å². The summed E-state index contributed by atoms with van der Waals surface area (Å²) in [6.07, 6.45) is 9.80. The van der Waals surface area contributed by atoms with Gasteiger partial charge in [-0.05, 0) is 56.5 Å². The lowest BCUT2D eigenvalue weighted by atomic mass is 9.76. The molecule has 0 aromatic rings. The lowest BCUT2D eigenvalue weighted by Crippen LogP contribution is -2.53. The van der Waals surface area contributed by atoms with Crippen LogP contribution in [-0.2, 0) is 0 Å². The molecule has 2 fully saturated rings. The molecule has 0 amide bonds. The third-order valence-electron chi connectivity index (χ3n) is 5.80. The topological polar surface area (TPSA) is 29.3 Å². The van der Waals surface area contributed by atoms with E-state index in [-0.39, 0.29) is 0 Å². The maximum Gasteiger partial charge on any atom is 0.0138 e. The second-order valence-corrected chi connectivity index (χ2v) is 7.14. The van der Waals surface area contributed by atoms with Crippen LogP contribution in [0.25, 0.3) is 0 Å². The van der Waals surface area contributed by atoms with E-state index in [4.69, 9.17) is 5.73 Å². The molecule has 0 heterocycles. The molecule has 19 heavy (non-hydrogen) atoms. The summed E-state index contributed by atoms with van der Waals surface area (Å²) in [7, 11) is 0. The molecule has 2 saturated carbocycles. The molecule has 2 nitrogen and oxygen atoms in total. The Balaban J connectivity index is 2.08. The molecule has 2 rings (SSSR count). The summed E-state index contributed by atoms with van der Waals surface area (Å²) in [6.45, 7) is 9.36. The van der Waals surface area contributed by atoms with Crippen molar-refractivity contribution in [3.63, 3.8) is 0 Å². The molecule has 2 N–H and O–H groups in total. The quantitative estimate of drug-likeness (QED) is 0.841. The summed E-state index contributed by atoms with van der Waals surface area (Å²) >= 11 is 0. The van der Waals surface area contributed by atoms with Crippen molar-refractivity contribution in [2.24, 2.45) is 23.5 Å². The standard InChI is InChI=1S/C17H34N2/c1-4-19(16-8-6-5-7-15(16)12-18)17-11-13(2)9-10-14(17)3/h13-17H,4-12,18H2,1-3H3. The Morgan fingerprint density at radius 2 is 1.74 bits per heavy atom. The van der Waals surface area contributed by atoms with Crippen molar-refractivity contribution in [2.45, 2.75) is 77.8 Å². The van der Waals surface area contributed by atoms with Crippen LogP contribution in [-0.4, -0.2) is 30.1 Å². The first-order valence-electron chi connectivity index (χ1n) is 8.63. The van der Waals surface area contributed by atoms with Crippen LogP contribution in [0.5, 0.6) is 0 Å². The van der Waals surface area contributed by atoms with Gasteiger partial charge in [0.1, 0.15) is 0 Å². The monoisotopic (exact) mass is 266 g/mol. The Bertz CT molecular complexity index is 264. The van der Waals surface area contributed by atoms with Gasteiger partial charge < -0.3 is 5.73 Å². The highest BCUT2D eigenvalue weighted by Crippen LogP contribution is 2.36. The number of rotatable bonds is 4. The van der Waals surface area contributed by atoms with Crippen LogP contribution in [0.15, 0.2) is 0 Å². The molecule has 0 spiro atoms. The molecule has 0 saturated heterocycles. The fourth-order valence-electron chi connectivity index (χ4n) is 4.58. The van der Waals surface area contributed by atoms with Gasteiger partial charge in [-0.3, -0.25) is 4.90 Å². The van der Waals surface area contributed by atoms with E-state index in [1.165, 1.54) is 51.5 Å². The van der Waals surface area contributed by atoms with Gasteiger partial charge in [0.15, 0.2) is 0 Å². The molecule has 2 aliphatic carbocycles. The maximum absolute atomic E-state index is 6.05. The lowest BCUT2D eigenvalue weighted by molar-refractivity contribution is 0.0187. The predicted molar refractivity (Wildman–Crippen MR) is 83.1 cm³/mol. The minimum absolute atomic E-state index is 0.748. The average molecular weight is 266 g/mol. The number of nitrogens with zero attached hydrogens (tertiary/aromatic N) is 1. The van der Waals surface area contributed by atoms with E-state index in [0.717, 1.165) is 36.4 Å². The summed E-state index contributed by atoms with van der Waals surface area (Å²) in [5, 5.41) is 0. The zero-order valence-corrected chi connectivity index (χ0v) is 13.3. The van der Waals surface area contributed by atoms with E-state index < -0.39 is 0 Å². The van der Waals surface area contributed by atoms with Crippen molar-refractivity contribution in [1.82, 2.24) is 4.90 Å². The van der Waals surface area contributed by atoms with Gasteiger partial charge >= 0.3 is 0 Å². The van der Waals surface area contributed by atoms with Gasteiger partial charge in [-0.1, -0.05) is 40.0 Å². The smallest absolute Gasteiger partial charge is 0.0138 e. The van der Waals surface area contributed by atoms with Crippen molar-refractivity contribution in [1.29, 1.82) is 0 Å². The van der Waals surface area contributed by atoms with Gasteiger partial charge in [0.05, 0.1) is 0 Å². The highest BCUT2D eigenvalue weighted by molar-refractivity contribution is 4.91. The normalized spacial score (nSPS) is 40.6. The highest BCUT2D eigenvalue weighted by atomic mass is 15.2. The van der Waals surface area contributed by atoms with Crippen LogP contribution < -0.4 is 5.73 Å². The predicted octanol–water partition coefficient (Wildman–Crippen LogP) is 3.65. The third-order valence-corrected chi connectivity index (χ3v) is 5.80. The largest absolute Gasteiger partial charge is 0.330 e. The average Bonchev–Trinajstić information content (AvgIpc) is 2.44. The van der Waals surface area contributed by atoms with Crippen LogP contribution in [0.4, 0.5) is 0 Å². The van der Waals surface area contributed by atoms with Crippen LogP contribution in [0.3, 0.4) is 0 Å². The van der Waals surface area contributed by atoms with Crippen molar-refractivity contribution in [2.75, 3.05) is 13.1 Å². The van der Waals surface area contributed by atoms with E-state index in [0.29, 0.717) is 0 Å². The van der Waals surface area contributed by atoms with E-state index in [1.54, 1.807) is 0 Å². The second kappa shape index (κ2) is 7.08. The molecular formula is C17H34N2. The Kier molecular flexibility index (Phi) is 5.70. The molecule has 112 valence electrons. The fourth-order valence-corrected chi connectivity index (χ4v) is 4.58. The number of hydrogen-bond acceptors (Lipinski definition) is 2. The maximum atomic E-state index is 6.05. The van der Waals surface area contributed by atoms with E-state index in [9.17, 15) is 0 Å². The molecule has 5 unspecified atom stereocenters. The van der Waals surface area contributed by atoms with Crippen LogP contribution >= 0.6 is 0 Å². The van der Waals surface area contributed by atoms with Crippen molar-refractivity contribution in [3.05, 3.63) is 0 Å². The second-order valence-electron chi connectivity index (χ2n) is 7.14. The van der Waals surface area contributed by atoms with Crippen molar-refractivity contribution >= 4 is 0 Å². The minimum Gasteiger partial charge on any atom is -0.330 e. The van der Waals surface area contributed by atoms with Crippen LogP contribution in [0, 0.1) is 17.8 Å². The fraction of sp³-hybridized carbons (Fsp3) is 1.00. The van der Waals surface area contributed by atoms with Crippen LogP contribution in [0.1, 0.15) is 65.7 Å². The summed E-state index contributed by atoms with van der Waals surface area (Å²) in [6, 6.07) is 1.58. The van der Waals surface area contributed by atoms with Gasteiger partial charge in [0.25, 0.3) is 0 Å². The Labute approximate surface area is 120 Å². The van der Waals surface area contributed by atoms with Gasteiger partial charge in [0.2, 0.25) is 0 Å². The summed E-state index contributed by atoms with van der Waals surface area (Å²) in [5.74, 6) is 2.53. The van der Waals surface area contributed by atoms with Gasteiger partial charge in [0, 0.05) is 12.1 Å². The van der Waals surface area contributed by atoms with E-state index in [2.05, 4.69) is 25.7 Å². The lowest BCUT2D eigenvalue weighted by Gasteiger charge is -2.48. The molecule has 5 atom stereocenters. The number of nitrogens with two attached hydrogens (primary N) is 1. The number of hydrogen-bond donors (Lipinski definition) is 1. The first-order valence-corrected chi connectivity index (χ1v) is 8.63. The first-order chi connectivity index (χ1) is 9.17. The van der Waals surface area contributed by atoms with Gasteiger partial charge in [-0.15, -0.1) is 0 Å². The van der Waals surface area contributed by atoms with Gasteiger partial charge in [-0.25, -0.2) is 0 Å². The molecule has 0 aromatic heterocycles. The molecular weight excluding hydrogens is 232 g/mol. The van der Waals surface area contributed by atoms with Crippen LogP contribution in [0.2, 0.25) is 0 Å². The minimum atomic E-state index is 0.748. The van der Waals surface area contributed by atoms with Gasteiger partial charge in [-0.2, -0.15) is 0 Å². The zero-order valence-electron chi connectivity index (χ0n) is 13.3. The highest BCUT2D eigenvalue weighted by Gasteiger charge is 2.36. The van der Waals surface area contributed by atoms with Crippen molar-refractivity contribution in [3.8, 4) is 0 Å².